The maximum absolute atomic E-state index is 5.92. The van der Waals surface area contributed by atoms with Crippen molar-refractivity contribution in [3.05, 3.63) is 23.9 Å². The molecule has 0 amide bonds. The standard InChI is InChI=1S/C15H23N3/c16-14-13(4-3-9-17-14)12-18-10-7-15(8-11-18)5-1-2-6-15/h3-4,9H,1-2,5-8,10-12H2,(H2,16,17). The van der Waals surface area contributed by atoms with Crippen LogP contribution in [0.4, 0.5) is 5.82 Å². The number of rotatable bonds is 2. The van der Waals surface area contributed by atoms with Gasteiger partial charge in [-0.3, -0.25) is 4.90 Å². The first-order chi connectivity index (χ1) is 8.77. The van der Waals surface area contributed by atoms with Gasteiger partial charge in [0.15, 0.2) is 0 Å². The molecule has 0 atom stereocenters. The molecule has 1 aliphatic carbocycles. The molecule has 3 rings (SSSR count). The SMILES string of the molecule is Nc1ncccc1CN1CCC2(CCCC2)CC1. The van der Waals surface area contributed by atoms with E-state index in [2.05, 4.69) is 16.0 Å². The summed E-state index contributed by atoms with van der Waals surface area (Å²) < 4.78 is 0. The van der Waals surface area contributed by atoms with Crippen LogP contribution in [0.2, 0.25) is 0 Å². The minimum atomic E-state index is 0.693. The summed E-state index contributed by atoms with van der Waals surface area (Å²) in [7, 11) is 0. The van der Waals surface area contributed by atoms with Crippen molar-refractivity contribution < 1.29 is 0 Å². The molecule has 1 saturated heterocycles. The van der Waals surface area contributed by atoms with Gasteiger partial charge in [0.2, 0.25) is 0 Å². The summed E-state index contributed by atoms with van der Waals surface area (Å²) in [6, 6.07) is 4.08. The third kappa shape index (κ3) is 2.37. The molecule has 1 aliphatic heterocycles. The number of nitrogens with two attached hydrogens (primary N) is 1. The average Bonchev–Trinajstić information content (AvgIpc) is 2.84. The molecule has 3 heteroatoms. The Morgan fingerprint density at radius 1 is 1.17 bits per heavy atom. The van der Waals surface area contributed by atoms with Gasteiger partial charge in [0, 0.05) is 18.3 Å². The zero-order chi connectivity index (χ0) is 12.4. The predicted octanol–water partition coefficient (Wildman–Crippen LogP) is 2.82. The van der Waals surface area contributed by atoms with Crippen LogP contribution in [0.25, 0.3) is 0 Å². The lowest BCUT2D eigenvalue weighted by molar-refractivity contribution is 0.104. The van der Waals surface area contributed by atoms with E-state index in [-0.39, 0.29) is 0 Å². The first kappa shape index (κ1) is 12.0. The Kier molecular flexibility index (Phi) is 3.25. The summed E-state index contributed by atoms with van der Waals surface area (Å²) in [4.78, 5) is 6.71. The summed E-state index contributed by atoms with van der Waals surface area (Å²) in [6.45, 7) is 3.43. The van der Waals surface area contributed by atoms with Gasteiger partial charge in [-0.25, -0.2) is 4.98 Å². The Bertz CT molecular complexity index is 400. The number of nitrogen functional groups attached to an aromatic ring is 1. The molecule has 2 N–H and O–H groups in total. The number of hydrogen-bond donors (Lipinski definition) is 1. The van der Waals surface area contributed by atoms with Crippen LogP contribution in [0, 0.1) is 5.41 Å². The van der Waals surface area contributed by atoms with Gasteiger partial charge >= 0.3 is 0 Å². The fraction of sp³-hybridized carbons (Fsp3) is 0.667. The zero-order valence-electron chi connectivity index (χ0n) is 11.1. The highest BCUT2D eigenvalue weighted by molar-refractivity contribution is 5.38. The number of nitrogens with zero attached hydrogens (tertiary/aromatic N) is 2. The largest absolute Gasteiger partial charge is 0.383 e. The van der Waals surface area contributed by atoms with Crippen LogP contribution in [0.3, 0.4) is 0 Å². The number of likely N-dealkylation sites (tertiary alicyclic amines) is 1. The van der Waals surface area contributed by atoms with Crippen LogP contribution in [0.5, 0.6) is 0 Å². The van der Waals surface area contributed by atoms with Gasteiger partial charge < -0.3 is 5.73 Å². The normalized spacial score (nSPS) is 23.6. The average molecular weight is 245 g/mol. The van der Waals surface area contributed by atoms with Crippen molar-refractivity contribution in [3.63, 3.8) is 0 Å². The van der Waals surface area contributed by atoms with E-state index in [4.69, 9.17) is 5.73 Å². The van der Waals surface area contributed by atoms with Crippen LogP contribution < -0.4 is 5.73 Å². The predicted molar refractivity (Wildman–Crippen MR) is 74.1 cm³/mol. The monoisotopic (exact) mass is 245 g/mol. The molecule has 0 bridgehead atoms. The molecule has 3 nitrogen and oxygen atoms in total. The van der Waals surface area contributed by atoms with E-state index in [1.807, 2.05) is 6.07 Å². The van der Waals surface area contributed by atoms with E-state index in [1.54, 1.807) is 6.20 Å². The second-order valence-electron chi connectivity index (χ2n) is 6.03. The number of piperidine rings is 1. The Morgan fingerprint density at radius 2 is 1.89 bits per heavy atom. The topological polar surface area (TPSA) is 42.1 Å². The molecular weight excluding hydrogens is 222 g/mol. The van der Waals surface area contributed by atoms with E-state index >= 15 is 0 Å². The number of hydrogen-bond acceptors (Lipinski definition) is 3. The van der Waals surface area contributed by atoms with Gasteiger partial charge in [-0.15, -0.1) is 0 Å². The molecule has 2 heterocycles. The van der Waals surface area contributed by atoms with Crippen LogP contribution in [0.15, 0.2) is 18.3 Å². The first-order valence-electron chi connectivity index (χ1n) is 7.19. The lowest BCUT2D eigenvalue weighted by Crippen LogP contribution is -2.38. The highest BCUT2D eigenvalue weighted by Gasteiger charge is 2.36. The molecule has 18 heavy (non-hydrogen) atoms. The Labute approximate surface area is 109 Å². The minimum Gasteiger partial charge on any atom is -0.383 e. The van der Waals surface area contributed by atoms with Gasteiger partial charge in [-0.05, 0) is 50.3 Å². The van der Waals surface area contributed by atoms with Crippen LogP contribution in [-0.2, 0) is 6.54 Å². The maximum atomic E-state index is 5.92. The van der Waals surface area contributed by atoms with E-state index in [0.717, 1.165) is 6.54 Å². The second-order valence-corrected chi connectivity index (χ2v) is 6.03. The summed E-state index contributed by atoms with van der Waals surface area (Å²) in [5.74, 6) is 0.693. The van der Waals surface area contributed by atoms with E-state index < -0.39 is 0 Å². The van der Waals surface area contributed by atoms with Crippen LogP contribution in [-0.4, -0.2) is 23.0 Å². The number of pyridine rings is 1. The summed E-state index contributed by atoms with van der Waals surface area (Å²) >= 11 is 0. The highest BCUT2D eigenvalue weighted by Crippen LogP contribution is 2.46. The summed E-state index contributed by atoms with van der Waals surface area (Å²) in [6.07, 6.45) is 10.4. The van der Waals surface area contributed by atoms with Gasteiger partial charge in [0.25, 0.3) is 0 Å². The number of aromatic nitrogens is 1. The molecule has 1 aromatic heterocycles. The fourth-order valence-electron chi connectivity index (χ4n) is 3.64. The number of anilines is 1. The molecule has 0 unspecified atom stereocenters. The van der Waals surface area contributed by atoms with E-state index in [1.165, 1.54) is 57.2 Å². The van der Waals surface area contributed by atoms with Crippen molar-refractivity contribution in [1.29, 1.82) is 0 Å². The van der Waals surface area contributed by atoms with E-state index in [9.17, 15) is 0 Å². The summed E-state index contributed by atoms with van der Waals surface area (Å²) in [5, 5.41) is 0. The van der Waals surface area contributed by atoms with E-state index in [0.29, 0.717) is 11.2 Å². The second kappa shape index (κ2) is 4.88. The lowest BCUT2D eigenvalue weighted by Gasteiger charge is -2.39. The van der Waals surface area contributed by atoms with Crippen molar-refractivity contribution in [2.75, 3.05) is 18.8 Å². The van der Waals surface area contributed by atoms with Gasteiger partial charge in [-0.1, -0.05) is 18.9 Å². The zero-order valence-corrected chi connectivity index (χ0v) is 11.1. The first-order valence-corrected chi connectivity index (χ1v) is 7.19. The molecular formula is C15H23N3. The molecule has 1 saturated carbocycles. The van der Waals surface area contributed by atoms with Crippen LogP contribution >= 0.6 is 0 Å². The van der Waals surface area contributed by atoms with Crippen LogP contribution in [0.1, 0.15) is 44.1 Å². The lowest BCUT2D eigenvalue weighted by atomic mass is 9.77. The Balaban J connectivity index is 1.59. The molecule has 0 radical (unpaired) electrons. The van der Waals surface area contributed by atoms with Gasteiger partial charge in [0.1, 0.15) is 5.82 Å². The molecule has 1 aromatic rings. The van der Waals surface area contributed by atoms with Crippen molar-refractivity contribution in [2.24, 2.45) is 5.41 Å². The third-order valence-electron chi connectivity index (χ3n) is 4.90. The Hall–Kier alpha value is -1.09. The van der Waals surface area contributed by atoms with Gasteiger partial charge in [0.05, 0.1) is 0 Å². The Morgan fingerprint density at radius 3 is 2.56 bits per heavy atom. The molecule has 2 aliphatic rings. The maximum Gasteiger partial charge on any atom is 0.127 e. The van der Waals surface area contributed by atoms with Crippen molar-refractivity contribution >= 4 is 5.82 Å². The smallest absolute Gasteiger partial charge is 0.127 e. The third-order valence-corrected chi connectivity index (χ3v) is 4.90. The van der Waals surface area contributed by atoms with Crippen molar-refractivity contribution in [2.45, 2.75) is 45.1 Å². The fourth-order valence-corrected chi connectivity index (χ4v) is 3.64. The quantitative estimate of drug-likeness (QED) is 0.871. The molecule has 2 fully saturated rings. The molecule has 98 valence electrons. The summed E-state index contributed by atoms with van der Waals surface area (Å²) in [5.41, 5.74) is 7.80. The van der Waals surface area contributed by atoms with Crippen molar-refractivity contribution in [1.82, 2.24) is 9.88 Å². The molecule has 0 aromatic carbocycles. The van der Waals surface area contributed by atoms with Crippen molar-refractivity contribution in [3.8, 4) is 0 Å². The molecule has 1 spiro atoms. The highest BCUT2D eigenvalue weighted by atomic mass is 15.1. The minimum absolute atomic E-state index is 0.693. The van der Waals surface area contributed by atoms with Gasteiger partial charge in [-0.2, -0.15) is 0 Å².